The van der Waals surface area contributed by atoms with E-state index in [1.54, 1.807) is 19.2 Å². The quantitative estimate of drug-likeness (QED) is 0.0520. The van der Waals surface area contributed by atoms with Crippen LogP contribution in [0.4, 0.5) is 17.1 Å². The lowest BCUT2D eigenvalue weighted by molar-refractivity contribution is -0.139. The first-order chi connectivity index (χ1) is 33.7. The molecule has 70 heavy (non-hydrogen) atoms. The minimum absolute atomic E-state index is 0.00160. The Labute approximate surface area is 411 Å². The van der Waals surface area contributed by atoms with Gasteiger partial charge in [0.15, 0.2) is 0 Å². The number of nitrogens with one attached hydrogen (secondary N) is 3. The summed E-state index contributed by atoms with van der Waals surface area (Å²) >= 11 is 1.19. The Hall–Kier alpha value is -6.86. The number of nitrogens with two attached hydrogens (primary N) is 1. The van der Waals surface area contributed by atoms with Gasteiger partial charge >= 0.3 is 0 Å². The lowest BCUT2D eigenvalue weighted by Gasteiger charge is -2.31. The Bertz CT molecular complexity index is 3070. The molecular weight excluding hydrogens is 929 g/mol. The number of amides is 5. The second kappa shape index (κ2) is 21.8. The van der Waals surface area contributed by atoms with Crippen molar-refractivity contribution in [1.29, 1.82) is 0 Å². The van der Waals surface area contributed by atoms with Crippen LogP contribution in [0.5, 0.6) is 0 Å². The van der Waals surface area contributed by atoms with Gasteiger partial charge in [-0.2, -0.15) is 8.88 Å². The second-order valence-corrected chi connectivity index (χ2v) is 20.6. The molecule has 0 radical (unpaired) electrons. The Morgan fingerprint density at radius 1 is 0.871 bits per heavy atom. The molecule has 1 aliphatic carbocycles. The number of anilines is 2. The van der Waals surface area contributed by atoms with Crippen molar-refractivity contribution in [2.24, 2.45) is 17.6 Å². The first kappa shape index (κ1) is 49.6. The molecule has 4 aliphatic rings. The SMILES string of the molecule is CNC[C@@H](CSC1CC(=O)N(CNC(=O)C2CCN(S(=O)(=O)c3ccccc3-c3c4ccc(=[N+](C)c5ccccc5)cc-4oc4cc(N(C)c5ccccc5)ccc34)CC2)C1=O)C(=O)NCCC(N)=O. The average Bonchev–Trinajstić information content (AvgIpc) is 3.65. The topological polar surface area (TPSA) is 207 Å². The summed E-state index contributed by atoms with van der Waals surface area (Å²) in [6.45, 7) is 0.260. The van der Waals surface area contributed by atoms with Crippen LogP contribution in [0.15, 0.2) is 131 Å². The number of carbonyl (C=O) groups excluding carboxylic acids is 5. The normalized spacial score (nSPS) is 16.6. The van der Waals surface area contributed by atoms with E-state index < -0.39 is 44.8 Å². The smallest absolute Gasteiger partial charge is 0.244 e. The lowest BCUT2D eigenvalue weighted by Crippen LogP contribution is -2.46. The van der Waals surface area contributed by atoms with E-state index in [1.807, 2.05) is 123 Å². The standard InChI is InChI=1S/C52H56N8O8S2/c1-54-31-35(51(64)55-25-22-47(53)61)32-69-45-30-48(62)60(52(45)65)33-56-50(63)34-23-26-59(27-24-34)70(66,67)46-17-11-10-16-42(46)49-40-20-18-38(57(2)36-12-6-4-7-13-36)28-43(40)68-44-29-39(19-21-41(44)49)58(3)37-14-8-5-9-15-37/h4-21,28-29,34-35,45,54H,22-27,30-33H2,1-3H3,(H3-,53,55,56,61,63,64)/p+1/t35-,45?/m0/s1. The molecule has 364 valence electrons. The Kier molecular flexibility index (Phi) is 15.5. The van der Waals surface area contributed by atoms with Crippen LogP contribution in [0.3, 0.4) is 0 Å². The number of imide groups is 1. The van der Waals surface area contributed by atoms with Gasteiger partial charge in [0.05, 0.1) is 22.1 Å². The maximum Gasteiger partial charge on any atom is 0.244 e. The van der Waals surface area contributed by atoms with E-state index in [4.69, 9.17) is 10.2 Å². The van der Waals surface area contributed by atoms with Gasteiger partial charge in [0.25, 0.3) is 0 Å². The third-order valence-corrected chi connectivity index (χ3v) is 16.3. The summed E-state index contributed by atoms with van der Waals surface area (Å²) in [6.07, 6.45) is 0.387. The number of carbonyl (C=O) groups is 5. The Morgan fingerprint density at radius 3 is 2.29 bits per heavy atom. The van der Waals surface area contributed by atoms with Gasteiger partial charge in [0.1, 0.15) is 25.1 Å². The van der Waals surface area contributed by atoms with E-state index in [-0.39, 0.29) is 74.4 Å². The van der Waals surface area contributed by atoms with Crippen LogP contribution in [0.2, 0.25) is 0 Å². The lowest BCUT2D eigenvalue weighted by atomic mass is 9.93. The number of hydrogen-bond acceptors (Lipinski definition) is 11. The molecule has 0 aromatic heterocycles. The van der Waals surface area contributed by atoms with E-state index >= 15 is 0 Å². The van der Waals surface area contributed by atoms with Gasteiger partial charge in [-0.25, -0.2) is 8.42 Å². The summed E-state index contributed by atoms with van der Waals surface area (Å²) in [6, 6.07) is 38.8. The third kappa shape index (κ3) is 10.8. The van der Waals surface area contributed by atoms with Crippen molar-refractivity contribution in [2.45, 2.75) is 35.8 Å². The highest BCUT2D eigenvalue weighted by Crippen LogP contribution is 2.44. The molecule has 4 aromatic carbocycles. The minimum Gasteiger partial charge on any atom is -0.456 e. The fraction of sp³-hybridized carbons (Fsp3) is 0.308. The molecule has 0 bridgehead atoms. The molecule has 5 N–H and O–H groups in total. The van der Waals surface area contributed by atoms with E-state index in [0.717, 1.165) is 38.3 Å². The number of fused-ring (bicyclic) bond motifs is 2. The molecule has 0 spiro atoms. The number of piperidine rings is 1. The van der Waals surface area contributed by atoms with Crippen molar-refractivity contribution >= 4 is 79.4 Å². The van der Waals surface area contributed by atoms with Gasteiger partial charge in [-0.3, -0.25) is 28.9 Å². The maximum atomic E-state index is 14.8. The zero-order chi connectivity index (χ0) is 49.5. The molecule has 5 amide bonds. The van der Waals surface area contributed by atoms with Gasteiger partial charge in [0, 0.05) is 115 Å². The summed E-state index contributed by atoms with van der Waals surface area (Å²) in [5, 5.41) is 9.27. The van der Waals surface area contributed by atoms with Crippen LogP contribution in [-0.2, 0) is 34.0 Å². The molecule has 16 nitrogen and oxygen atoms in total. The predicted molar refractivity (Wildman–Crippen MR) is 272 cm³/mol. The molecule has 3 aliphatic heterocycles. The van der Waals surface area contributed by atoms with Gasteiger partial charge in [-0.15, -0.1) is 11.8 Å². The van der Waals surface area contributed by atoms with E-state index in [9.17, 15) is 32.4 Å². The molecule has 2 saturated heterocycles. The molecule has 3 heterocycles. The van der Waals surface area contributed by atoms with Crippen molar-refractivity contribution in [1.82, 2.24) is 29.7 Å². The predicted octanol–water partition coefficient (Wildman–Crippen LogP) is 4.87. The molecule has 2 atom stereocenters. The van der Waals surface area contributed by atoms with E-state index in [1.165, 1.54) is 16.1 Å². The maximum absolute atomic E-state index is 14.8. The number of nitrogens with zero attached hydrogens (tertiary/aromatic N) is 4. The van der Waals surface area contributed by atoms with Crippen molar-refractivity contribution in [3.05, 3.63) is 127 Å². The molecule has 18 heteroatoms. The molecule has 0 saturated carbocycles. The largest absolute Gasteiger partial charge is 0.456 e. The number of likely N-dealkylation sites (tertiary alicyclic amines) is 1. The number of primary amides is 1. The summed E-state index contributed by atoms with van der Waals surface area (Å²) < 4.78 is 39.9. The number of benzene rings is 5. The molecule has 4 aromatic rings. The summed E-state index contributed by atoms with van der Waals surface area (Å²) in [5.74, 6) is -2.37. The fourth-order valence-electron chi connectivity index (χ4n) is 8.98. The van der Waals surface area contributed by atoms with Crippen molar-refractivity contribution in [2.75, 3.05) is 64.6 Å². The highest BCUT2D eigenvalue weighted by Gasteiger charge is 2.40. The fourth-order valence-corrected chi connectivity index (χ4v) is 11.9. The molecule has 1 unspecified atom stereocenters. The molecule has 8 rings (SSSR count). The summed E-state index contributed by atoms with van der Waals surface area (Å²) in [4.78, 5) is 66.8. The van der Waals surface area contributed by atoms with Crippen molar-refractivity contribution in [3.8, 4) is 22.5 Å². The highest BCUT2D eigenvalue weighted by molar-refractivity contribution is 8.00. The van der Waals surface area contributed by atoms with Gasteiger partial charge in [-0.1, -0.05) is 54.6 Å². The second-order valence-electron chi connectivity index (χ2n) is 17.4. The van der Waals surface area contributed by atoms with E-state index in [2.05, 4.69) is 25.4 Å². The highest BCUT2D eigenvalue weighted by atomic mass is 32.2. The van der Waals surface area contributed by atoms with Crippen LogP contribution >= 0.6 is 11.8 Å². The zero-order valence-electron chi connectivity index (χ0n) is 39.3. The molecular formula is C52H57N8O8S2+. The zero-order valence-corrected chi connectivity index (χ0v) is 40.9. The van der Waals surface area contributed by atoms with Crippen LogP contribution < -0.4 is 36.5 Å². The average molecular weight is 986 g/mol. The van der Waals surface area contributed by atoms with Crippen LogP contribution in [-0.4, -0.2) is 112 Å². The number of para-hydroxylation sites is 2. The summed E-state index contributed by atoms with van der Waals surface area (Å²) in [7, 11) is 1.55. The number of sulfonamides is 1. The number of hydrogen-bond donors (Lipinski definition) is 4. The number of thioether (sulfide) groups is 1. The summed E-state index contributed by atoms with van der Waals surface area (Å²) in [5.41, 5.74) is 10.6. The Morgan fingerprint density at radius 2 is 1.57 bits per heavy atom. The van der Waals surface area contributed by atoms with Gasteiger partial charge in [-0.05, 0) is 56.3 Å². The van der Waals surface area contributed by atoms with Crippen LogP contribution in [0.25, 0.3) is 33.4 Å². The van der Waals surface area contributed by atoms with Gasteiger partial charge < -0.3 is 31.0 Å². The van der Waals surface area contributed by atoms with Gasteiger partial charge in [0.2, 0.25) is 50.6 Å². The third-order valence-electron chi connectivity index (χ3n) is 13.0. The first-order valence-corrected chi connectivity index (χ1v) is 25.7. The Balaban J connectivity index is 0.990. The monoisotopic (exact) mass is 985 g/mol. The minimum atomic E-state index is -4.11. The van der Waals surface area contributed by atoms with Crippen molar-refractivity contribution < 1.29 is 36.8 Å². The number of rotatable bonds is 18. The molecule has 2 fully saturated rings. The van der Waals surface area contributed by atoms with Crippen LogP contribution in [0, 0.1) is 11.8 Å². The van der Waals surface area contributed by atoms with Crippen LogP contribution in [0.1, 0.15) is 25.7 Å². The van der Waals surface area contributed by atoms with E-state index in [0.29, 0.717) is 29.0 Å². The first-order valence-electron chi connectivity index (χ1n) is 23.2. The van der Waals surface area contributed by atoms with Crippen molar-refractivity contribution in [3.63, 3.8) is 0 Å².